The summed E-state index contributed by atoms with van der Waals surface area (Å²) in [6.45, 7) is 1.96. The number of hydrogen-bond donors (Lipinski definition) is 3. The summed E-state index contributed by atoms with van der Waals surface area (Å²) < 4.78 is 0. The molecule has 0 bridgehead atoms. The standard InChI is InChI=1S/C20H21N9O2/c1-2-3-15(20(30)31)16(19-24-28-29-25-19)10-12-4-9-17(21-11-12)13-5-7-14(8-6-13)18-22-26-27-23-18/h4-9,11,15-16H,2-3,10H2,1H3,(H,30,31)(H,22,23,26,27)(H,24,25,28,29). The van der Waals surface area contributed by atoms with E-state index >= 15 is 0 Å². The third-order valence-corrected chi connectivity index (χ3v) is 5.16. The van der Waals surface area contributed by atoms with Crippen LogP contribution in [-0.4, -0.2) is 57.3 Å². The molecule has 4 rings (SSSR count). The number of carbonyl (C=O) groups is 1. The van der Waals surface area contributed by atoms with Gasteiger partial charge in [0.15, 0.2) is 5.82 Å². The van der Waals surface area contributed by atoms with Crippen LogP contribution in [0.25, 0.3) is 22.6 Å². The lowest BCUT2D eigenvalue weighted by molar-refractivity contribution is -0.142. The van der Waals surface area contributed by atoms with Gasteiger partial charge >= 0.3 is 5.97 Å². The molecule has 0 saturated heterocycles. The van der Waals surface area contributed by atoms with Crippen LogP contribution in [0.2, 0.25) is 0 Å². The highest BCUT2D eigenvalue weighted by Gasteiger charge is 2.32. The summed E-state index contributed by atoms with van der Waals surface area (Å²) in [5.41, 5.74) is 3.52. The van der Waals surface area contributed by atoms with Crippen molar-refractivity contribution in [3.05, 3.63) is 54.0 Å². The van der Waals surface area contributed by atoms with Crippen molar-refractivity contribution in [1.82, 2.24) is 46.2 Å². The number of aliphatic carboxylic acids is 1. The van der Waals surface area contributed by atoms with Crippen molar-refractivity contribution < 1.29 is 9.90 Å². The van der Waals surface area contributed by atoms with E-state index in [1.807, 2.05) is 43.3 Å². The van der Waals surface area contributed by atoms with E-state index in [-0.39, 0.29) is 0 Å². The Labute approximate surface area is 177 Å². The lowest BCUT2D eigenvalue weighted by Gasteiger charge is -2.21. The van der Waals surface area contributed by atoms with E-state index in [0.29, 0.717) is 24.5 Å². The number of hydrogen-bond acceptors (Lipinski definition) is 8. The van der Waals surface area contributed by atoms with Crippen molar-refractivity contribution in [3.63, 3.8) is 0 Å². The normalized spacial score (nSPS) is 13.1. The molecule has 0 aliphatic rings. The van der Waals surface area contributed by atoms with Crippen molar-refractivity contribution >= 4 is 5.97 Å². The Hall–Kier alpha value is -4.02. The van der Waals surface area contributed by atoms with Gasteiger partial charge < -0.3 is 5.11 Å². The van der Waals surface area contributed by atoms with Crippen LogP contribution in [0.15, 0.2) is 42.6 Å². The monoisotopic (exact) mass is 419 g/mol. The Morgan fingerprint density at radius 1 is 1.00 bits per heavy atom. The molecule has 0 spiro atoms. The number of pyridine rings is 1. The van der Waals surface area contributed by atoms with Crippen molar-refractivity contribution in [3.8, 4) is 22.6 Å². The Morgan fingerprint density at radius 3 is 2.32 bits per heavy atom. The molecular formula is C20H21N9O2. The quantitative estimate of drug-likeness (QED) is 0.370. The van der Waals surface area contributed by atoms with Crippen LogP contribution in [0.5, 0.6) is 0 Å². The van der Waals surface area contributed by atoms with Gasteiger partial charge in [-0.05, 0) is 29.7 Å². The van der Waals surface area contributed by atoms with Crippen LogP contribution in [0.3, 0.4) is 0 Å². The summed E-state index contributed by atoms with van der Waals surface area (Å²) in [7, 11) is 0. The van der Waals surface area contributed by atoms with Crippen LogP contribution in [0.4, 0.5) is 0 Å². The third-order valence-electron chi connectivity index (χ3n) is 5.16. The Balaban J connectivity index is 1.53. The largest absolute Gasteiger partial charge is 0.481 e. The van der Waals surface area contributed by atoms with Crippen LogP contribution < -0.4 is 0 Å². The van der Waals surface area contributed by atoms with E-state index in [9.17, 15) is 9.90 Å². The van der Waals surface area contributed by atoms with Gasteiger partial charge in [-0.3, -0.25) is 9.78 Å². The number of nitrogens with zero attached hydrogens (tertiary/aromatic N) is 7. The summed E-state index contributed by atoms with van der Waals surface area (Å²) in [6, 6.07) is 11.6. The zero-order valence-electron chi connectivity index (χ0n) is 16.8. The summed E-state index contributed by atoms with van der Waals surface area (Å²) in [5, 5.41) is 37.8. The molecule has 1 aromatic carbocycles. The van der Waals surface area contributed by atoms with E-state index in [1.54, 1.807) is 6.20 Å². The lowest BCUT2D eigenvalue weighted by Crippen LogP contribution is -2.25. The topological polar surface area (TPSA) is 159 Å². The predicted molar refractivity (Wildman–Crippen MR) is 110 cm³/mol. The minimum atomic E-state index is -0.858. The maximum absolute atomic E-state index is 11.9. The molecular weight excluding hydrogens is 398 g/mol. The van der Waals surface area contributed by atoms with Gasteiger partial charge in [-0.25, -0.2) is 0 Å². The number of nitrogens with one attached hydrogen (secondary N) is 2. The van der Waals surface area contributed by atoms with E-state index in [4.69, 9.17) is 0 Å². The molecule has 0 amide bonds. The molecule has 0 fully saturated rings. The van der Waals surface area contributed by atoms with Gasteiger partial charge in [-0.2, -0.15) is 10.4 Å². The molecule has 0 aliphatic carbocycles. The Bertz CT molecular complexity index is 1090. The molecule has 0 saturated carbocycles. The van der Waals surface area contributed by atoms with E-state index in [0.717, 1.165) is 28.8 Å². The fourth-order valence-electron chi connectivity index (χ4n) is 3.59. The van der Waals surface area contributed by atoms with E-state index in [1.165, 1.54) is 0 Å². The first kappa shape index (κ1) is 20.3. The number of rotatable bonds is 9. The summed E-state index contributed by atoms with van der Waals surface area (Å²) >= 11 is 0. The fraction of sp³-hybridized carbons (Fsp3) is 0.300. The molecule has 4 aromatic rings. The second-order valence-corrected chi connectivity index (χ2v) is 7.18. The van der Waals surface area contributed by atoms with Crippen molar-refractivity contribution in [2.75, 3.05) is 0 Å². The molecule has 0 radical (unpaired) electrons. The maximum Gasteiger partial charge on any atom is 0.307 e. The van der Waals surface area contributed by atoms with Gasteiger partial charge in [0.25, 0.3) is 0 Å². The Kier molecular flexibility index (Phi) is 6.01. The van der Waals surface area contributed by atoms with Gasteiger partial charge in [0.2, 0.25) is 5.82 Å². The van der Waals surface area contributed by atoms with Crippen LogP contribution >= 0.6 is 0 Å². The van der Waals surface area contributed by atoms with Gasteiger partial charge in [0.1, 0.15) is 0 Å². The first-order chi connectivity index (χ1) is 15.2. The lowest BCUT2D eigenvalue weighted by atomic mass is 9.83. The van der Waals surface area contributed by atoms with Crippen molar-refractivity contribution in [2.45, 2.75) is 32.1 Å². The molecule has 3 N–H and O–H groups in total. The minimum absolute atomic E-state index is 0.391. The molecule has 31 heavy (non-hydrogen) atoms. The SMILES string of the molecule is CCCC(C(=O)O)C(Cc1ccc(-c2ccc(-c3nn[nH]n3)cc2)nc1)c1nn[nH]n1. The molecule has 3 aromatic heterocycles. The highest BCUT2D eigenvalue weighted by atomic mass is 16.4. The number of H-pyrrole nitrogens is 2. The maximum atomic E-state index is 11.9. The number of carboxylic acid groups (broad SMARTS) is 1. The number of aromatic amines is 2. The number of carboxylic acids is 1. The van der Waals surface area contributed by atoms with Crippen LogP contribution in [-0.2, 0) is 11.2 Å². The predicted octanol–water partition coefficient (Wildman–Crippen LogP) is 2.27. The third kappa shape index (κ3) is 4.60. The summed E-state index contributed by atoms with van der Waals surface area (Å²) in [6.07, 6.45) is 3.51. The molecule has 0 aliphatic heterocycles. The van der Waals surface area contributed by atoms with Gasteiger partial charge in [-0.15, -0.1) is 20.4 Å². The molecule has 2 atom stereocenters. The van der Waals surface area contributed by atoms with Gasteiger partial charge in [0.05, 0.1) is 11.6 Å². The Morgan fingerprint density at radius 2 is 1.74 bits per heavy atom. The average Bonchev–Trinajstić information content (AvgIpc) is 3.51. The van der Waals surface area contributed by atoms with E-state index < -0.39 is 17.8 Å². The van der Waals surface area contributed by atoms with Crippen LogP contribution in [0, 0.1) is 5.92 Å². The van der Waals surface area contributed by atoms with Crippen molar-refractivity contribution in [1.29, 1.82) is 0 Å². The zero-order chi connectivity index (χ0) is 21.6. The van der Waals surface area contributed by atoms with Gasteiger partial charge in [0, 0.05) is 23.2 Å². The number of aromatic nitrogens is 9. The zero-order valence-corrected chi connectivity index (χ0v) is 16.8. The van der Waals surface area contributed by atoms with Crippen LogP contribution in [0.1, 0.15) is 37.1 Å². The smallest absolute Gasteiger partial charge is 0.307 e. The summed E-state index contributed by atoms with van der Waals surface area (Å²) in [4.78, 5) is 16.4. The highest BCUT2D eigenvalue weighted by molar-refractivity contribution is 5.71. The first-order valence-corrected chi connectivity index (χ1v) is 9.91. The van der Waals surface area contributed by atoms with Crippen molar-refractivity contribution in [2.24, 2.45) is 5.92 Å². The van der Waals surface area contributed by atoms with Gasteiger partial charge in [-0.1, -0.05) is 48.9 Å². The second-order valence-electron chi connectivity index (χ2n) is 7.18. The molecule has 11 nitrogen and oxygen atoms in total. The molecule has 2 unspecified atom stereocenters. The number of tetrazole rings is 2. The number of benzene rings is 1. The average molecular weight is 419 g/mol. The highest BCUT2D eigenvalue weighted by Crippen LogP contribution is 2.30. The molecule has 11 heteroatoms. The molecule has 3 heterocycles. The first-order valence-electron chi connectivity index (χ1n) is 9.91. The fourth-order valence-corrected chi connectivity index (χ4v) is 3.59. The van der Waals surface area contributed by atoms with E-state index in [2.05, 4.69) is 46.2 Å². The molecule has 158 valence electrons. The minimum Gasteiger partial charge on any atom is -0.481 e. The summed E-state index contributed by atoms with van der Waals surface area (Å²) in [5.74, 6) is -0.912. The second kappa shape index (κ2) is 9.20.